The largest absolute Gasteiger partial charge is 0.434 e. The van der Waals surface area contributed by atoms with Gasteiger partial charge in [-0.2, -0.15) is 13.2 Å². The normalized spacial score (nSPS) is 11.5. The highest BCUT2D eigenvalue weighted by Crippen LogP contribution is 2.33. The van der Waals surface area contributed by atoms with Crippen molar-refractivity contribution in [3.63, 3.8) is 0 Å². The lowest BCUT2D eigenvalue weighted by Crippen LogP contribution is -2.10. The molecule has 1 N–H and O–H groups in total. The van der Waals surface area contributed by atoms with Gasteiger partial charge in [0.25, 0.3) is 0 Å². The molecule has 0 aliphatic rings. The third-order valence-corrected chi connectivity index (χ3v) is 1.68. The van der Waals surface area contributed by atoms with Gasteiger partial charge in [0.2, 0.25) is 0 Å². The van der Waals surface area contributed by atoms with Gasteiger partial charge in [-0.05, 0) is 12.1 Å². The van der Waals surface area contributed by atoms with Crippen LogP contribution < -0.4 is 5.32 Å². The topological polar surface area (TPSA) is 24.9 Å². The smallest absolute Gasteiger partial charge is 0.373 e. The van der Waals surface area contributed by atoms with Crippen LogP contribution >= 0.6 is 11.6 Å². The molecule has 2 nitrogen and oxygen atoms in total. The first-order valence-electron chi connectivity index (χ1n) is 3.36. The predicted molar refractivity (Wildman–Crippen MR) is 43.8 cm³/mol. The van der Waals surface area contributed by atoms with E-state index in [1.54, 1.807) is 0 Å². The van der Waals surface area contributed by atoms with E-state index in [9.17, 15) is 13.2 Å². The third-order valence-electron chi connectivity index (χ3n) is 1.37. The van der Waals surface area contributed by atoms with Gasteiger partial charge in [0.15, 0.2) is 5.69 Å². The summed E-state index contributed by atoms with van der Waals surface area (Å²) in [5, 5.41) is 2.10. The van der Waals surface area contributed by atoms with Crippen LogP contribution in [0.2, 0.25) is 5.02 Å². The molecule has 0 amide bonds. The van der Waals surface area contributed by atoms with E-state index in [1.807, 2.05) is 0 Å². The number of hydrogen-bond donors (Lipinski definition) is 1. The number of halogens is 4. The minimum absolute atomic E-state index is 0.136. The average Bonchev–Trinajstić information content (AvgIpc) is 2.03. The van der Waals surface area contributed by atoms with Crippen molar-refractivity contribution in [3.8, 4) is 0 Å². The minimum atomic E-state index is -4.51. The molecule has 0 atom stereocenters. The van der Waals surface area contributed by atoms with Crippen molar-refractivity contribution in [2.24, 2.45) is 0 Å². The van der Waals surface area contributed by atoms with Gasteiger partial charge in [-0.15, -0.1) is 0 Å². The van der Waals surface area contributed by atoms with Gasteiger partial charge in [0.05, 0.1) is 5.02 Å². The van der Waals surface area contributed by atoms with Gasteiger partial charge in [0, 0.05) is 7.05 Å². The van der Waals surface area contributed by atoms with Crippen LogP contribution in [0, 0.1) is 0 Å². The Balaban J connectivity index is 3.19. The summed E-state index contributed by atoms with van der Waals surface area (Å²) in [5.74, 6) is 0.136. The van der Waals surface area contributed by atoms with Crippen molar-refractivity contribution in [2.75, 3.05) is 12.4 Å². The standard InChI is InChI=1S/C7H6ClF3N2/c1-12-5-3-2-4(8)6(13-5)7(9,10)11/h2-3H,1H3,(H,12,13). The first kappa shape index (κ1) is 10.1. The van der Waals surface area contributed by atoms with Crippen LogP contribution in [0.4, 0.5) is 19.0 Å². The van der Waals surface area contributed by atoms with Gasteiger partial charge in [-0.1, -0.05) is 11.6 Å². The number of aromatic nitrogens is 1. The number of anilines is 1. The fraction of sp³-hybridized carbons (Fsp3) is 0.286. The van der Waals surface area contributed by atoms with Crippen molar-refractivity contribution in [1.82, 2.24) is 4.98 Å². The molecule has 0 unspecified atom stereocenters. The Hall–Kier alpha value is -0.970. The molecule has 0 aromatic carbocycles. The molecule has 0 fully saturated rings. The number of nitrogens with zero attached hydrogens (tertiary/aromatic N) is 1. The Morgan fingerprint density at radius 3 is 2.46 bits per heavy atom. The van der Waals surface area contributed by atoms with E-state index < -0.39 is 16.9 Å². The zero-order valence-corrected chi connectivity index (χ0v) is 7.37. The Labute approximate surface area is 77.7 Å². The molecule has 72 valence electrons. The molecule has 13 heavy (non-hydrogen) atoms. The van der Waals surface area contributed by atoms with Gasteiger partial charge in [-0.3, -0.25) is 0 Å². The molecule has 0 spiro atoms. The Kier molecular flexibility index (Phi) is 2.66. The number of nitrogens with one attached hydrogen (secondary N) is 1. The van der Waals surface area contributed by atoms with Gasteiger partial charge < -0.3 is 5.32 Å². The molecule has 0 radical (unpaired) electrons. The monoisotopic (exact) mass is 210 g/mol. The lowest BCUT2D eigenvalue weighted by molar-refractivity contribution is -0.140. The van der Waals surface area contributed by atoms with E-state index in [0.717, 1.165) is 6.07 Å². The fourth-order valence-electron chi connectivity index (χ4n) is 0.780. The number of alkyl halides is 3. The van der Waals surface area contributed by atoms with Gasteiger partial charge >= 0.3 is 6.18 Å². The summed E-state index contributed by atoms with van der Waals surface area (Å²) in [6.07, 6.45) is -4.51. The first-order chi connectivity index (χ1) is 5.95. The summed E-state index contributed by atoms with van der Waals surface area (Å²) in [7, 11) is 1.48. The van der Waals surface area contributed by atoms with Crippen LogP contribution in [0.25, 0.3) is 0 Å². The third kappa shape index (κ3) is 2.24. The van der Waals surface area contributed by atoms with Crippen LogP contribution in [0.3, 0.4) is 0 Å². The SMILES string of the molecule is CNc1ccc(Cl)c(C(F)(F)F)n1. The lowest BCUT2D eigenvalue weighted by Gasteiger charge is -2.08. The van der Waals surface area contributed by atoms with E-state index in [2.05, 4.69) is 10.3 Å². The second-order valence-corrected chi connectivity index (χ2v) is 2.68. The fourth-order valence-corrected chi connectivity index (χ4v) is 0.993. The van der Waals surface area contributed by atoms with Crippen LogP contribution in [0.5, 0.6) is 0 Å². The van der Waals surface area contributed by atoms with Gasteiger partial charge in [-0.25, -0.2) is 4.98 Å². The summed E-state index contributed by atoms with van der Waals surface area (Å²) < 4.78 is 36.6. The van der Waals surface area contributed by atoms with E-state index >= 15 is 0 Å². The highest BCUT2D eigenvalue weighted by molar-refractivity contribution is 6.31. The molecule has 1 aromatic rings. The van der Waals surface area contributed by atoms with Gasteiger partial charge in [0.1, 0.15) is 5.82 Å². The number of hydrogen-bond acceptors (Lipinski definition) is 2. The van der Waals surface area contributed by atoms with Crippen LogP contribution in [-0.2, 0) is 6.18 Å². The maximum Gasteiger partial charge on any atom is 0.434 e. The second kappa shape index (κ2) is 3.41. The van der Waals surface area contributed by atoms with Crippen molar-refractivity contribution < 1.29 is 13.2 Å². The number of pyridine rings is 1. The first-order valence-corrected chi connectivity index (χ1v) is 3.74. The maximum atomic E-state index is 12.2. The molecule has 1 heterocycles. The summed E-state index contributed by atoms with van der Waals surface area (Å²) >= 11 is 5.33. The molecule has 0 aliphatic carbocycles. The summed E-state index contributed by atoms with van der Waals surface area (Å²) in [5.41, 5.74) is -1.07. The zero-order valence-electron chi connectivity index (χ0n) is 6.61. The van der Waals surface area contributed by atoms with Crippen LogP contribution in [-0.4, -0.2) is 12.0 Å². The molecule has 1 aromatic heterocycles. The van der Waals surface area contributed by atoms with Crippen LogP contribution in [0.1, 0.15) is 5.69 Å². The number of rotatable bonds is 1. The highest BCUT2D eigenvalue weighted by atomic mass is 35.5. The zero-order chi connectivity index (χ0) is 10.1. The summed E-state index contributed by atoms with van der Waals surface area (Å²) in [6.45, 7) is 0. The van der Waals surface area contributed by atoms with Crippen molar-refractivity contribution in [1.29, 1.82) is 0 Å². The van der Waals surface area contributed by atoms with Crippen molar-refractivity contribution in [2.45, 2.75) is 6.18 Å². The van der Waals surface area contributed by atoms with Crippen LogP contribution in [0.15, 0.2) is 12.1 Å². The summed E-state index contributed by atoms with van der Waals surface area (Å²) in [6, 6.07) is 2.53. The summed E-state index contributed by atoms with van der Waals surface area (Å²) in [4.78, 5) is 3.29. The molecule has 0 bridgehead atoms. The Bertz CT molecular complexity index is 311. The molecular weight excluding hydrogens is 205 g/mol. The molecule has 0 saturated heterocycles. The van der Waals surface area contributed by atoms with Crippen molar-refractivity contribution >= 4 is 17.4 Å². The predicted octanol–water partition coefficient (Wildman–Crippen LogP) is 2.80. The van der Waals surface area contributed by atoms with E-state index in [1.165, 1.54) is 13.1 Å². The van der Waals surface area contributed by atoms with E-state index in [0.29, 0.717) is 0 Å². The molecule has 0 saturated carbocycles. The molecule has 0 aliphatic heterocycles. The highest BCUT2D eigenvalue weighted by Gasteiger charge is 2.35. The quantitative estimate of drug-likeness (QED) is 0.771. The van der Waals surface area contributed by atoms with Crippen molar-refractivity contribution in [3.05, 3.63) is 22.8 Å². The minimum Gasteiger partial charge on any atom is -0.373 e. The van der Waals surface area contributed by atoms with E-state index in [4.69, 9.17) is 11.6 Å². The Morgan fingerprint density at radius 1 is 1.38 bits per heavy atom. The lowest BCUT2D eigenvalue weighted by atomic mass is 10.3. The maximum absolute atomic E-state index is 12.2. The Morgan fingerprint density at radius 2 is 2.00 bits per heavy atom. The second-order valence-electron chi connectivity index (χ2n) is 2.27. The molecule has 6 heteroatoms. The molecular formula is C7H6ClF3N2. The molecule has 1 rings (SSSR count). The van der Waals surface area contributed by atoms with E-state index in [-0.39, 0.29) is 5.82 Å². The average molecular weight is 211 g/mol.